The second kappa shape index (κ2) is 7.52. The van der Waals surface area contributed by atoms with E-state index in [1.165, 1.54) is 24.8 Å². The molecule has 2 aromatic carbocycles. The zero-order valence-electron chi connectivity index (χ0n) is 14.0. The Morgan fingerprint density at radius 1 is 0.958 bits per heavy atom. The summed E-state index contributed by atoms with van der Waals surface area (Å²) in [5.74, 6) is 0.647. The number of benzene rings is 2. The van der Waals surface area contributed by atoms with Gasteiger partial charge in [0.15, 0.2) is 0 Å². The van der Waals surface area contributed by atoms with Crippen molar-refractivity contribution in [1.29, 1.82) is 0 Å². The summed E-state index contributed by atoms with van der Waals surface area (Å²) < 4.78 is 5.86. The lowest BCUT2D eigenvalue weighted by molar-refractivity contribution is -0.119. The lowest BCUT2D eigenvalue weighted by Gasteiger charge is -2.37. The average molecular weight is 323 g/mol. The molecular weight excluding hydrogens is 298 g/mol. The zero-order chi connectivity index (χ0) is 16.8. The predicted molar refractivity (Wildman–Crippen MR) is 95.8 cm³/mol. The van der Waals surface area contributed by atoms with Crippen LogP contribution in [0.4, 0.5) is 0 Å². The smallest absolute Gasteiger partial charge is 0.218 e. The van der Waals surface area contributed by atoms with Crippen LogP contribution in [0.25, 0.3) is 0 Å². The topological polar surface area (TPSA) is 52.3 Å². The van der Waals surface area contributed by atoms with Gasteiger partial charge in [-0.3, -0.25) is 4.79 Å². The van der Waals surface area contributed by atoms with Crippen molar-refractivity contribution in [3.05, 3.63) is 65.7 Å². The van der Waals surface area contributed by atoms with E-state index >= 15 is 0 Å². The first-order chi connectivity index (χ1) is 11.7. The number of hydrogen-bond acceptors (Lipinski definition) is 2. The Morgan fingerprint density at radius 3 is 2.25 bits per heavy atom. The van der Waals surface area contributed by atoms with Crippen LogP contribution in [-0.4, -0.2) is 5.91 Å². The van der Waals surface area contributed by atoms with Crippen LogP contribution in [0.1, 0.15) is 49.7 Å². The van der Waals surface area contributed by atoms with Gasteiger partial charge in [0, 0.05) is 11.8 Å². The van der Waals surface area contributed by atoms with Crippen molar-refractivity contribution >= 4 is 5.91 Å². The SMILES string of the molecule is NC(=O)CC1(c2ccc(OCc3ccccc3)cc2)CCCCC1. The molecule has 3 rings (SSSR count). The van der Waals surface area contributed by atoms with Crippen molar-refractivity contribution < 1.29 is 9.53 Å². The third kappa shape index (κ3) is 3.97. The number of carbonyl (C=O) groups excluding carboxylic acids is 1. The summed E-state index contributed by atoms with van der Waals surface area (Å²) in [7, 11) is 0. The molecule has 3 nitrogen and oxygen atoms in total. The summed E-state index contributed by atoms with van der Waals surface area (Å²) >= 11 is 0. The number of amides is 1. The minimum atomic E-state index is -0.207. The number of nitrogens with two attached hydrogens (primary N) is 1. The maximum absolute atomic E-state index is 11.6. The Hall–Kier alpha value is -2.29. The minimum absolute atomic E-state index is 0.0813. The fraction of sp³-hybridized carbons (Fsp3) is 0.381. The second-order valence-corrected chi connectivity index (χ2v) is 6.78. The quantitative estimate of drug-likeness (QED) is 0.859. The molecule has 0 spiro atoms. The molecule has 0 bridgehead atoms. The van der Waals surface area contributed by atoms with E-state index in [1.54, 1.807) is 0 Å². The fourth-order valence-electron chi connectivity index (χ4n) is 3.78. The van der Waals surface area contributed by atoms with Gasteiger partial charge < -0.3 is 10.5 Å². The number of carbonyl (C=O) groups is 1. The van der Waals surface area contributed by atoms with Gasteiger partial charge in [0.1, 0.15) is 12.4 Å². The first-order valence-electron chi connectivity index (χ1n) is 8.74. The first kappa shape index (κ1) is 16.6. The van der Waals surface area contributed by atoms with E-state index in [0.717, 1.165) is 24.2 Å². The highest BCUT2D eigenvalue weighted by molar-refractivity contribution is 5.75. The van der Waals surface area contributed by atoms with Crippen LogP contribution in [-0.2, 0) is 16.8 Å². The summed E-state index contributed by atoms with van der Waals surface area (Å²) in [4.78, 5) is 11.6. The van der Waals surface area contributed by atoms with Gasteiger partial charge in [-0.2, -0.15) is 0 Å². The molecule has 126 valence electrons. The molecule has 2 aromatic rings. The summed E-state index contributed by atoms with van der Waals surface area (Å²) in [5.41, 5.74) is 7.81. The number of ether oxygens (including phenoxy) is 1. The van der Waals surface area contributed by atoms with Gasteiger partial charge in [-0.05, 0) is 36.1 Å². The largest absolute Gasteiger partial charge is 0.489 e. The molecule has 1 aliphatic rings. The average Bonchev–Trinajstić information content (AvgIpc) is 2.61. The van der Waals surface area contributed by atoms with Gasteiger partial charge >= 0.3 is 0 Å². The highest BCUT2D eigenvalue weighted by atomic mass is 16.5. The highest BCUT2D eigenvalue weighted by Crippen LogP contribution is 2.42. The van der Waals surface area contributed by atoms with Crippen LogP contribution in [0.15, 0.2) is 54.6 Å². The van der Waals surface area contributed by atoms with Crippen LogP contribution in [0.3, 0.4) is 0 Å². The van der Waals surface area contributed by atoms with Crippen LogP contribution >= 0.6 is 0 Å². The van der Waals surface area contributed by atoms with Gasteiger partial charge in [0.25, 0.3) is 0 Å². The highest BCUT2D eigenvalue weighted by Gasteiger charge is 2.35. The molecule has 0 aliphatic heterocycles. The Labute approximate surface area is 143 Å². The summed E-state index contributed by atoms with van der Waals surface area (Å²) in [6.07, 6.45) is 6.11. The number of primary amides is 1. The Bertz CT molecular complexity index is 658. The second-order valence-electron chi connectivity index (χ2n) is 6.78. The molecule has 0 aromatic heterocycles. The van der Waals surface area contributed by atoms with Crippen LogP contribution in [0.5, 0.6) is 5.75 Å². The van der Waals surface area contributed by atoms with E-state index in [9.17, 15) is 4.79 Å². The Balaban J connectivity index is 1.71. The molecule has 0 saturated heterocycles. The van der Waals surface area contributed by atoms with Gasteiger partial charge in [-0.25, -0.2) is 0 Å². The standard InChI is InChI=1S/C21H25NO2/c22-20(23)15-21(13-5-2-6-14-21)18-9-11-19(12-10-18)24-16-17-7-3-1-4-8-17/h1,3-4,7-12H,2,5-6,13-16H2,(H2,22,23). The van der Waals surface area contributed by atoms with Gasteiger partial charge in [0.05, 0.1) is 0 Å². The van der Waals surface area contributed by atoms with Gasteiger partial charge in [0.2, 0.25) is 5.91 Å². The molecule has 0 atom stereocenters. The molecule has 2 N–H and O–H groups in total. The minimum Gasteiger partial charge on any atom is -0.489 e. The maximum atomic E-state index is 11.6. The molecular formula is C21H25NO2. The van der Waals surface area contributed by atoms with Crippen molar-refractivity contribution in [2.24, 2.45) is 5.73 Å². The van der Waals surface area contributed by atoms with Crippen molar-refractivity contribution in [3.63, 3.8) is 0 Å². The first-order valence-corrected chi connectivity index (χ1v) is 8.74. The molecule has 1 fully saturated rings. The maximum Gasteiger partial charge on any atom is 0.218 e. The Kier molecular flexibility index (Phi) is 5.19. The van der Waals surface area contributed by atoms with Crippen LogP contribution < -0.4 is 10.5 Å². The van der Waals surface area contributed by atoms with Crippen molar-refractivity contribution in [1.82, 2.24) is 0 Å². The third-order valence-electron chi connectivity index (χ3n) is 5.04. The number of rotatable bonds is 6. The lowest BCUT2D eigenvalue weighted by atomic mass is 9.67. The fourth-order valence-corrected chi connectivity index (χ4v) is 3.78. The molecule has 0 heterocycles. The monoisotopic (exact) mass is 323 g/mol. The van der Waals surface area contributed by atoms with E-state index in [1.807, 2.05) is 30.3 Å². The molecule has 24 heavy (non-hydrogen) atoms. The molecule has 0 unspecified atom stereocenters. The molecule has 1 saturated carbocycles. The Morgan fingerprint density at radius 2 is 1.62 bits per heavy atom. The van der Waals surface area contributed by atoms with E-state index in [4.69, 9.17) is 10.5 Å². The van der Waals surface area contributed by atoms with Gasteiger partial charge in [-0.1, -0.05) is 61.7 Å². The summed E-state index contributed by atoms with van der Waals surface area (Å²) in [5, 5.41) is 0. The van der Waals surface area contributed by atoms with Crippen molar-refractivity contribution in [2.75, 3.05) is 0 Å². The predicted octanol–water partition coefficient (Wildman–Crippen LogP) is 4.34. The normalized spacial score (nSPS) is 16.5. The van der Waals surface area contributed by atoms with Gasteiger partial charge in [-0.15, -0.1) is 0 Å². The number of hydrogen-bond donors (Lipinski definition) is 1. The van der Waals surface area contributed by atoms with Crippen LogP contribution in [0.2, 0.25) is 0 Å². The summed E-state index contributed by atoms with van der Waals surface area (Å²) in [6, 6.07) is 18.4. The van der Waals surface area contributed by atoms with Crippen molar-refractivity contribution in [3.8, 4) is 5.75 Å². The molecule has 0 radical (unpaired) electrons. The third-order valence-corrected chi connectivity index (χ3v) is 5.04. The van der Waals surface area contributed by atoms with E-state index in [2.05, 4.69) is 24.3 Å². The molecule has 3 heteroatoms. The van der Waals surface area contributed by atoms with Crippen LogP contribution in [0, 0.1) is 0 Å². The zero-order valence-corrected chi connectivity index (χ0v) is 14.0. The van der Waals surface area contributed by atoms with E-state index in [-0.39, 0.29) is 11.3 Å². The van der Waals surface area contributed by atoms with Crippen molar-refractivity contribution in [2.45, 2.75) is 50.5 Å². The lowest BCUT2D eigenvalue weighted by Crippen LogP contribution is -2.34. The molecule has 1 aliphatic carbocycles. The molecule has 1 amide bonds. The van der Waals surface area contributed by atoms with E-state index < -0.39 is 0 Å². The van der Waals surface area contributed by atoms with E-state index in [0.29, 0.717) is 13.0 Å². The summed E-state index contributed by atoms with van der Waals surface area (Å²) in [6.45, 7) is 0.562.